The molecule has 0 aromatic heterocycles. The maximum atomic E-state index is 12.9. The van der Waals surface area contributed by atoms with Crippen molar-refractivity contribution in [3.05, 3.63) is 85.1 Å². The van der Waals surface area contributed by atoms with E-state index in [0.717, 1.165) is 83.5 Å². The van der Waals surface area contributed by atoms with E-state index in [9.17, 15) is 19.5 Å². The molecule has 0 rings (SSSR count). The van der Waals surface area contributed by atoms with Gasteiger partial charge < -0.3 is 28.5 Å². The van der Waals surface area contributed by atoms with Gasteiger partial charge in [0.25, 0.3) is 6.29 Å². The molecular formula is C74H132NO8+. The molecule has 2 atom stereocenters. The van der Waals surface area contributed by atoms with Crippen molar-refractivity contribution in [3.63, 3.8) is 0 Å². The second-order valence-corrected chi connectivity index (χ2v) is 24.5. The number of quaternary nitrogens is 1. The highest BCUT2D eigenvalue weighted by molar-refractivity contribution is 5.71. The highest BCUT2D eigenvalue weighted by Gasteiger charge is 2.25. The molecule has 0 aliphatic carbocycles. The predicted octanol–water partition coefficient (Wildman–Crippen LogP) is 21.5. The van der Waals surface area contributed by atoms with Crippen LogP contribution in [0.15, 0.2) is 85.1 Å². The Bertz CT molecular complexity index is 1640. The molecule has 0 radical (unpaired) electrons. The molecule has 0 saturated heterocycles. The first-order chi connectivity index (χ1) is 40.6. The van der Waals surface area contributed by atoms with Crippen molar-refractivity contribution in [2.45, 2.75) is 322 Å². The van der Waals surface area contributed by atoms with Crippen LogP contribution in [-0.2, 0) is 33.3 Å². The van der Waals surface area contributed by atoms with Crippen LogP contribution in [0.2, 0.25) is 0 Å². The second-order valence-electron chi connectivity index (χ2n) is 24.5. The zero-order valence-corrected chi connectivity index (χ0v) is 54.8. The first kappa shape index (κ1) is 79.5. The summed E-state index contributed by atoms with van der Waals surface area (Å²) in [5, 5.41) is 9.73. The lowest BCUT2D eigenvalue weighted by Gasteiger charge is -2.25. The number of rotatable bonds is 64. The van der Waals surface area contributed by atoms with Crippen molar-refractivity contribution >= 4 is 17.9 Å². The molecule has 0 aromatic carbocycles. The van der Waals surface area contributed by atoms with Gasteiger partial charge in [0.15, 0.2) is 6.10 Å². The molecule has 0 heterocycles. The lowest BCUT2D eigenvalue weighted by Crippen LogP contribution is -2.40. The third kappa shape index (κ3) is 65.9. The minimum absolute atomic E-state index is 0.178. The minimum atomic E-state index is -1.51. The number of carbonyl (C=O) groups is 3. The number of esters is 2. The predicted molar refractivity (Wildman–Crippen MR) is 355 cm³/mol. The van der Waals surface area contributed by atoms with Crippen LogP contribution in [0, 0.1) is 0 Å². The summed E-state index contributed by atoms with van der Waals surface area (Å²) in [6.45, 7) is 4.80. The lowest BCUT2D eigenvalue weighted by atomic mass is 10.0. The summed E-state index contributed by atoms with van der Waals surface area (Å²) >= 11 is 0. The fraction of sp³-hybridized carbons (Fsp3) is 0.770. The second kappa shape index (κ2) is 64.5. The minimum Gasteiger partial charge on any atom is -0.477 e. The van der Waals surface area contributed by atoms with Gasteiger partial charge in [-0.2, -0.15) is 0 Å². The standard InChI is InChI=1S/C74H131NO8/c1-6-8-10-12-14-16-18-20-22-24-25-26-27-28-29-30-31-32-33-34-35-36-37-38-39-40-41-42-43-44-45-46-47-49-51-53-55-57-59-61-63-65-72(77)83-70(69-82-74(73(78)79)80-67-66-75(3,4)5)68-81-71(76)64-62-60-58-56-54-52-50-48-23-21-19-17-15-13-11-9-7-2/h8,10,14,16,20,22,25-26,28-29,31-32,34-35,70,74H,6-7,9,11-13,15,17-19,21,23-24,27,30,33,36-69H2,1-5H3/p+1/b10-8-,16-14-,22-20-,26-25-,29-28-,32-31-,35-34-. The molecule has 0 saturated carbocycles. The molecule has 0 aromatic rings. The van der Waals surface area contributed by atoms with Gasteiger partial charge in [0, 0.05) is 12.8 Å². The molecule has 9 heteroatoms. The first-order valence-corrected chi connectivity index (χ1v) is 34.8. The molecule has 480 valence electrons. The van der Waals surface area contributed by atoms with E-state index >= 15 is 0 Å². The van der Waals surface area contributed by atoms with E-state index in [1.807, 2.05) is 21.1 Å². The summed E-state index contributed by atoms with van der Waals surface area (Å²) in [6, 6.07) is 0. The zero-order chi connectivity index (χ0) is 60.5. The molecule has 0 bridgehead atoms. The average molecular weight is 1160 g/mol. The van der Waals surface area contributed by atoms with Gasteiger partial charge in [-0.3, -0.25) is 9.59 Å². The van der Waals surface area contributed by atoms with E-state index in [4.69, 9.17) is 18.9 Å². The molecule has 0 aliphatic heterocycles. The Balaban J connectivity index is 4.00. The Morgan fingerprint density at radius 2 is 0.687 bits per heavy atom. The number of carbonyl (C=O) groups excluding carboxylic acids is 2. The molecule has 0 aliphatic rings. The van der Waals surface area contributed by atoms with E-state index in [-0.39, 0.29) is 38.2 Å². The van der Waals surface area contributed by atoms with E-state index in [1.165, 1.54) is 199 Å². The van der Waals surface area contributed by atoms with Gasteiger partial charge in [0.05, 0.1) is 34.4 Å². The monoisotopic (exact) mass is 1160 g/mol. The van der Waals surface area contributed by atoms with Crippen molar-refractivity contribution in [1.29, 1.82) is 0 Å². The Kier molecular flexibility index (Phi) is 61.7. The van der Waals surface area contributed by atoms with Crippen LogP contribution >= 0.6 is 0 Å². The number of nitrogens with zero attached hydrogens (tertiary/aromatic N) is 1. The Morgan fingerprint density at radius 3 is 1.02 bits per heavy atom. The van der Waals surface area contributed by atoms with E-state index in [0.29, 0.717) is 17.4 Å². The van der Waals surface area contributed by atoms with Crippen molar-refractivity contribution in [2.24, 2.45) is 0 Å². The summed E-state index contributed by atoms with van der Waals surface area (Å²) in [6.07, 6.45) is 84.1. The Labute approximate surface area is 512 Å². The number of likely N-dealkylation sites (N-methyl/N-ethyl adjacent to an activating group) is 1. The van der Waals surface area contributed by atoms with Crippen molar-refractivity contribution < 1.29 is 42.9 Å². The van der Waals surface area contributed by atoms with Gasteiger partial charge in [0.1, 0.15) is 13.2 Å². The fourth-order valence-corrected chi connectivity index (χ4v) is 9.88. The summed E-state index contributed by atoms with van der Waals surface area (Å²) in [5.74, 6) is -1.99. The molecule has 9 nitrogen and oxygen atoms in total. The third-order valence-electron chi connectivity index (χ3n) is 15.2. The summed E-state index contributed by atoms with van der Waals surface area (Å²) in [4.78, 5) is 37.5. The smallest absolute Gasteiger partial charge is 0.361 e. The molecular weight excluding hydrogens is 1030 g/mol. The largest absolute Gasteiger partial charge is 0.477 e. The lowest BCUT2D eigenvalue weighted by molar-refractivity contribution is -0.870. The van der Waals surface area contributed by atoms with E-state index in [1.54, 1.807) is 0 Å². The van der Waals surface area contributed by atoms with Gasteiger partial charge >= 0.3 is 17.9 Å². The zero-order valence-electron chi connectivity index (χ0n) is 54.8. The van der Waals surface area contributed by atoms with Gasteiger partial charge in [-0.1, -0.05) is 311 Å². The van der Waals surface area contributed by atoms with Crippen molar-refractivity contribution in [3.8, 4) is 0 Å². The quantitative estimate of drug-likeness (QED) is 0.0211. The van der Waals surface area contributed by atoms with Crippen LogP contribution in [0.4, 0.5) is 0 Å². The van der Waals surface area contributed by atoms with Crippen molar-refractivity contribution in [2.75, 3.05) is 47.5 Å². The fourth-order valence-electron chi connectivity index (χ4n) is 9.88. The van der Waals surface area contributed by atoms with Crippen molar-refractivity contribution in [1.82, 2.24) is 0 Å². The van der Waals surface area contributed by atoms with Gasteiger partial charge in [-0.25, -0.2) is 4.79 Å². The molecule has 83 heavy (non-hydrogen) atoms. The summed E-state index contributed by atoms with van der Waals surface area (Å²) in [5.41, 5.74) is 0. The van der Waals surface area contributed by atoms with Gasteiger partial charge in [-0.15, -0.1) is 0 Å². The number of hydrogen-bond donors (Lipinski definition) is 1. The van der Waals surface area contributed by atoms with Crippen LogP contribution in [0.1, 0.15) is 309 Å². The molecule has 0 fully saturated rings. The number of ether oxygens (including phenoxy) is 4. The molecule has 2 unspecified atom stereocenters. The summed E-state index contributed by atoms with van der Waals surface area (Å²) in [7, 11) is 5.98. The number of unbranched alkanes of at least 4 members (excludes halogenated alkanes) is 35. The van der Waals surface area contributed by atoms with Crippen LogP contribution in [0.3, 0.4) is 0 Å². The van der Waals surface area contributed by atoms with Gasteiger partial charge in [0.2, 0.25) is 0 Å². The van der Waals surface area contributed by atoms with Crippen LogP contribution in [0.5, 0.6) is 0 Å². The number of carboxylic acid groups (broad SMARTS) is 1. The average Bonchev–Trinajstić information content (AvgIpc) is 3.46. The molecule has 0 spiro atoms. The van der Waals surface area contributed by atoms with E-state index < -0.39 is 18.4 Å². The van der Waals surface area contributed by atoms with Crippen LogP contribution in [-0.4, -0.2) is 87.4 Å². The van der Waals surface area contributed by atoms with Crippen LogP contribution in [0.25, 0.3) is 0 Å². The third-order valence-corrected chi connectivity index (χ3v) is 15.2. The highest BCUT2D eigenvalue weighted by atomic mass is 16.7. The normalized spacial score (nSPS) is 13.2. The van der Waals surface area contributed by atoms with E-state index in [2.05, 4.69) is 98.9 Å². The Hall–Kier alpha value is -3.53. The highest BCUT2D eigenvalue weighted by Crippen LogP contribution is 2.18. The topological polar surface area (TPSA) is 108 Å². The maximum absolute atomic E-state index is 12.9. The molecule has 0 amide bonds. The molecule has 1 N–H and O–H groups in total. The number of aliphatic carboxylic acids is 1. The number of carboxylic acids is 1. The Morgan fingerprint density at radius 1 is 0.373 bits per heavy atom. The van der Waals surface area contributed by atoms with Gasteiger partial charge in [-0.05, 0) is 70.6 Å². The first-order valence-electron chi connectivity index (χ1n) is 34.8. The number of allylic oxidation sites excluding steroid dienone is 14. The SMILES string of the molecule is CC/C=C\C/C=C\C/C=C\C/C=C\C/C=C\C/C=C\C/C=C\CCCCCCCCCCCCCCCCCCCCCC(=O)OC(COC(=O)CCCCCCCCCCCCCCCCCCC)COC(OCC[N+](C)(C)C)C(=O)O. The summed E-state index contributed by atoms with van der Waals surface area (Å²) < 4.78 is 23.0. The maximum Gasteiger partial charge on any atom is 0.361 e. The van der Waals surface area contributed by atoms with Crippen LogP contribution < -0.4 is 0 Å². The number of hydrogen-bond acceptors (Lipinski definition) is 7.